The first kappa shape index (κ1) is 16.8. The van der Waals surface area contributed by atoms with E-state index in [2.05, 4.69) is 17.6 Å². The number of benzene rings is 1. The van der Waals surface area contributed by atoms with Crippen LogP contribution in [0.1, 0.15) is 32.3 Å². The summed E-state index contributed by atoms with van der Waals surface area (Å²) in [6, 6.07) is 5.40. The molecule has 2 N–H and O–H groups in total. The van der Waals surface area contributed by atoms with Gasteiger partial charge < -0.3 is 15.4 Å². The van der Waals surface area contributed by atoms with E-state index in [1.165, 1.54) is 0 Å². The van der Waals surface area contributed by atoms with Gasteiger partial charge in [0, 0.05) is 23.7 Å². The molecule has 0 spiro atoms. The maximum Gasteiger partial charge on any atom is 0.260 e. The zero-order chi connectivity index (χ0) is 15.0. The minimum Gasteiger partial charge on any atom is -0.481 e. The normalized spacial score (nSPS) is 12.0. The van der Waals surface area contributed by atoms with Crippen molar-refractivity contribution >= 4 is 17.5 Å². The highest BCUT2D eigenvalue weighted by atomic mass is 35.5. The highest BCUT2D eigenvalue weighted by Gasteiger charge is 2.15. The summed E-state index contributed by atoms with van der Waals surface area (Å²) in [5.41, 5.74) is 0.938. The molecule has 1 amide bonds. The Labute approximate surface area is 125 Å². The number of carbonyl (C=O) groups is 1. The molecule has 0 heterocycles. The lowest BCUT2D eigenvalue weighted by atomic mass is 10.2. The Morgan fingerprint density at radius 2 is 2.20 bits per heavy atom. The molecule has 112 valence electrons. The monoisotopic (exact) mass is 298 g/mol. The molecule has 0 fully saturated rings. The van der Waals surface area contributed by atoms with Crippen LogP contribution in [0.3, 0.4) is 0 Å². The third kappa shape index (κ3) is 5.39. The van der Waals surface area contributed by atoms with Gasteiger partial charge in [0.1, 0.15) is 5.75 Å². The van der Waals surface area contributed by atoms with Crippen LogP contribution in [0.2, 0.25) is 5.02 Å². The van der Waals surface area contributed by atoms with Crippen molar-refractivity contribution in [2.24, 2.45) is 0 Å². The zero-order valence-electron chi connectivity index (χ0n) is 12.3. The minimum atomic E-state index is -0.524. The van der Waals surface area contributed by atoms with Crippen LogP contribution in [-0.4, -0.2) is 25.6 Å². The fourth-order valence-electron chi connectivity index (χ4n) is 1.77. The number of carbonyl (C=O) groups excluding carboxylic acids is 1. The maximum absolute atomic E-state index is 11.9. The predicted molar refractivity (Wildman–Crippen MR) is 82.2 cm³/mol. The van der Waals surface area contributed by atoms with Gasteiger partial charge in [0.05, 0.1) is 0 Å². The molecule has 0 saturated heterocycles. The molecule has 1 unspecified atom stereocenters. The Kier molecular flexibility index (Phi) is 7.41. The second-order valence-corrected chi connectivity index (χ2v) is 5.12. The number of amides is 1. The lowest BCUT2D eigenvalue weighted by Crippen LogP contribution is -2.37. The molecule has 5 heteroatoms. The highest BCUT2D eigenvalue weighted by molar-refractivity contribution is 6.30. The molecule has 0 aliphatic heterocycles. The Morgan fingerprint density at radius 1 is 1.45 bits per heavy atom. The molecule has 20 heavy (non-hydrogen) atoms. The molecule has 0 bridgehead atoms. The molecule has 1 atom stereocenters. The van der Waals surface area contributed by atoms with Crippen LogP contribution in [0.15, 0.2) is 18.2 Å². The molecule has 0 aliphatic carbocycles. The molecule has 1 rings (SSSR count). The molecule has 0 saturated carbocycles. The summed E-state index contributed by atoms with van der Waals surface area (Å²) in [6.45, 7) is 5.16. The van der Waals surface area contributed by atoms with Gasteiger partial charge in [0.15, 0.2) is 6.10 Å². The van der Waals surface area contributed by atoms with Crippen molar-refractivity contribution < 1.29 is 9.53 Å². The molecule has 0 aliphatic rings. The Morgan fingerprint density at radius 3 is 2.85 bits per heavy atom. The van der Waals surface area contributed by atoms with Crippen molar-refractivity contribution in [3.63, 3.8) is 0 Å². The zero-order valence-corrected chi connectivity index (χ0v) is 13.1. The van der Waals surface area contributed by atoms with Crippen molar-refractivity contribution in [3.05, 3.63) is 28.8 Å². The summed E-state index contributed by atoms with van der Waals surface area (Å²) in [5, 5.41) is 6.57. The quantitative estimate of drug-likeness (QED) is 0.726. The summed E-state index contributed by atoms with van der Waals surface area (Å²) in [7, 11) is 1.85. The number of nitrogens with one attached hydrogen (secondary N) is 2. The third-order valence-corrected chi connectivity index (χ3v) is 3.13. The van der Waals surface area contributed by atoms with Crippen molar-refractivity contribution in [1.82, 2.24) is 10.6 Å². The van der Waals surface area contributed by atoms with Gasteiger partial charge in [-0.05, 0) is 38.6 Å². The summed E-state index contributed by atoms with van der Waals surface area (Å²) in [4.78, 5) is 11.9. The van der Waals surface area contributed by atoms with Gasteiger partial charge >= 0.3 is 0 Å². The van der Waals surface area contributed by atoms with Crippen molar-refractivity contribution in [2.75, 3.05) is 13.6 Å². The van der Waals surface area contributed by atoms with E-state index in [1.54, 1.807) is 19.1 Å². The summed E-state index contributed by atoms with van der Waals surface area (Å²) >= 11 is 5.97. The first-order valence-electron chi connectivity index (χ1n) is 6.95. The van der Waals surface area contributed by atoms with Crippen molar-refractivity contribution in [3.8, 4) is 5.75 Å². The Balaban J connectivity index is 2.64. The van der Waals surface area contributed by atoms with E-state index in [9.17, 15) is 4.79 Å². The molecule has 0 aromatic heterocycles. The number of hydrogen-bond acceptors (Lipinski definition) is 3. The van der Waals surface area contributed by atoms with E-state index >= 15 is 0 Å². The maximum atomic E-state index is 11.9. The van der Waals surface area contributed by atoms with E-state index in [0.29, 0.717) is 23.9 Å². The number of rotatable bonds is 8. The SMILES string of the molecule is CCCCNC(=O)C(C)Oc1ccc(Cl)cc1CNC. The van der Waals surface area contributed by atoms with E-state index in [4.69, 9.17) is 16.3 Å². The number of ether oxygens (including phenoxy) is 1. The molecule has 1 aromatic rings. The van der Waals surface area contributed by atoms with Gasteiger partial charge in [-0.2, -0.15) is 0 Å². The molecular weight excluding hydrogens is 276 g/mol. The van der Waals surface area contributed by atoms with E-state index in [-0.39, 0.29) is 5.91 Å². The molecular formula is C15H23ClN2O2. The minimum absolute atomic E-state index is 0.0937. The predicted octanol–water partition coefficient (Wildman–Crippen LogP) is 2.74. The van der Waals surface area contributed by atoms with Gasteiger partial charge in [-0.25, -0.2) is 0 Å². The lowest BCUT2D eigenvalue weighted by Gasteiger charge is -2.17. The Bertz CT molecular complexity index is 438. The van der Waals surface area contributed by atoms with Crippen LogP contribution >= 0.6 is 11.6 Å². The average Bonchev–Trinajstić information content (AvgIpc) is 2.42. The Hall–Kier alpha value is -1.26. The van der Waals surface area contributed by atoms with Gasteiger partial charge in [0.25, 0.3) is 5.91 Å². The summed E-state index contributed by atoms with van der Waals surface area (Å²) < 4.78 is 5.73. The third-order valence-electron chi connectivity index (χ3n) is 2.89. The summed E-state index contributed by atoms with van der Waals surface area (Å²) in [6.07, 6.45) is 1.51. The van der Waals surface area contributed by atoms with E-state index < -0.39 is 6.10 Å². The fraction of sp³-hybridized carbons (Fsp3) is 0.533. The number of hydrogen-bond donors (Lipinski definition) is 2. The van der Waals surface area contributed by atoms with E-state index in [1.807, 2.05) is 13.1 Å². The number of unbranched alkanes of at least 4 members (excludes halogenated alkanes) is 1. The lowest BCUT2D eigenvalue weighted by molar-refractivity contribution is -0.127. The standard InChI is InChI=1S/C15H23ClN2O2/c1-4-5-8-18-15(19)11(2)20-14-7-6-13(16)9-12(14)10-17-3/h6-7,9,11,17H,4-5,8,10H2,1-3H3,(H,18,19). The van der Waals surface area contributed by atoms with Crippen molar-refractivity contribution in [1.29, 1.82) is 0 Å². The molecule has 0 radical (unpaired) electrons. The van der Waals surface area contributed by atoms with E-state index in [0.717, 1.165) is 18.4 Å². The number of halogens is 1. The van der Waals surface area contributed by atoms with Crippen LogP contribution < -0.4 is 15.4 Å². The van der Waals surface area contributed by atoms with Crippen LogP contribution in [0.4, 0.5) is 0 Å². The smallest absolute Gasteiger partial charge is 0.260 e. The molecule has 1 aromatic carbocycles. The van der Waals surface area contributed by atoms with Gasteiger partial charge in [-0.3, -0.25) is 4.79 Å². The van der Waals surface area contributed by atoms with Crippen LogP contribution in [0.25, 0.3) is 0 Å². The van der Waals surface area contributed by atoms with Crippen molar-refractivity contribution in [2.45, 2.75) is 39.3 Å². The average molecular weight is 299 g/mol. The molecule has 4 nitrogen and oxygen atoms in total. The first-order valence-corrected chi connectivity index (χ1v) is 7.33. The van der Waals surface area contributed by atoms with Gasteiger partial charge in [-0.1, -0.05) is 24.9 Å². The van der Waals surface area contributed by atoms with Crippen LogP contribution in [-0.2, 0) is 11.3 Å². The topological polar surface area (TPSA) is 50.4 Å². The highest BCUT2D eigenvalue weighted by Crippen LogP contribution is 2.23. The second-order valence-electron chi connectivity index (χ2n) is 4.69. The largest absolute Gasteiger partial charge is 0.481 e. The van der Waals surface area contributed by atoms with Gasteiger partial charge in [-0.15, -0.1) is 0 Å². The first-order chi connectivity index (χ1) is 9.58. The fourth-order valence-corrected chi connectivity index (χ4v) is 1.96. The summed E-state index contributed by atoms with van der Waals surface area (Å²) in [5.74, 6) is 0.589. The van der Waals surface area contributed by atoms with Gasteiger partial charge in [0.2, 0.25) is 0 Å². The van der Waals surface area contributed by atoms with Crippen LogP contribution in [0, 0.1) is 0 Å². The van der Waals surface area contributed by atoms with Crippen LogP contribution in [0.5, 0.6) is 5.75 Å². The second kappa shape index (κ2) is 8.82.